The van der Waals surface area contributed by atoms with Gasteiger partial charge in [-0.2, -0.15) is 11.8 Å². The number of anilines is 1. The minimum atomic E-state index is -3.68. The summed E-state index contributed by atoms with van der Waals surface area (Å²) in [5, 5.41) is 3.42. The maximum absolute atomic E-state index is 13.7. The first-order valence-electron chi connectivity index (χ1n) is 8.61. The number of carbonyl (C=O) groups excluding carboxylic acids is 1. The Kier molecular flexibility index (Phi) is 8.63. The fourth-order valence-electron chi connectivity index (χ4n) is 2.53. The SMILES string of the molecule is Cc1ccc(Cl)cc1N(CC(=O)NCCSCc1c(F)cccc1Cl)S(C)(=O)=O. The number of carbonyl (C=O) groups is 1. The molecule has 2 aromatic carbocycles. The Labute approximate surface area is 184 Å². The summed E-state index contributed by atoms with van der Waals surface area (Å²) in [6.45, 7) is 1.69. The van der Waals surface area contributed by atoms with E-state index in [0.29, 0.717) is 44.9 Å². The monoisotopic (exact) mass is 478 g/mol. The molecule has 0 aliphatic rings. The average Bonchev–Trinajstić information content (AvgIpc) is 2.63. The van der Waals surface area contributed by atoms with Crippen molar-refractivity contribution in [3.05, 3.63) is 63.4 Å². The molecular weight excluding hydrogens is 458 g/mol. The molecule has 0 heterocycles. The number of rotatable bonds is 9. The van der Waals surface area contributed by atoms with E-state index in [9.17, 15) is 17.6 Å². The first-order chi connectivity index (χ1) is 13.6. The molecule has 158 valence electrons. The molecule has 0 saturated heterocycles. The molecule has 0 fully saturated rings. The van der Waals surface area contributed by atoms with Crippen LogP contribution in [0.1, 0.15) is 11.1 Å². The lowest BCUT2D eigenvalue weighted by Crippen LogP contribution is -2.41. The lowest BCUT2D eigenvalue weighted by molar-refractivity contribution is -0.119. The van der Waals surface area contributed by atoms with Gasteiger partial charge in [0.15, 0.2) is 0 Å². The van der Waals surface area contributed by atoms with Crippen LogP contribution in [-0.4, -0.2) is 39.4 Å². The van der Waals surface area contributed by atoms with Gasteiger partial charge in [-0.3, -0.25) is 9.10 Å². The lowest BCUT2D eigenvalue weighted by atomic mass is 10.2. The van der Waals surface area contributed by atoms with Gasteiger partial charge in [0.05, 0.1) is 11.9 Å². The van der Waals surface area contributed by atoms with E-state index in [1.54, 1.807) is 31.2 Å². The van der Waals surface area contributed by atoms with Gasteiger partial charge in [0.1, 0.15) is 12.4 Å². The minimum Gasteiger partial charge on any atom is -0.354 e. The van der Waals surface area contributed by atoms with Crippen LogP contribution >= 0.6 is 35.0 Å². The van der Waals surface area contributed by atoms with Gasteiger partial charge in [0, 0.05) is 33.7 Å². The van der Waals surface area contributed by atoms with Crippen LogP contribution < -0.4 is 9.62 Å². The van der Waals surface area contributed by atoms with Gasteiger partial charge in [0.25, 0.3) is 0 Å². The molecule has 0 radical (unpaired) electrons. The number of sulfonamides is 1. The number of hydrogen-bond acceptors (Lipinski definition) is 4. The first kappa shape index (κ1) is 23.8. The Morgan fingerprint density at radius 2 is 1.97 bits per heavy atom. The van der Waals surface area contributed by atoms with Crippen LogP contribution in [0, 0.1) is 12.7 Å². The van der Waals surface area contributed by atoms with Crippen molar-refractivity contribution in [2.45, 2.75) is 12.7 Å². The number of amides is 1. The van der Waals surface area contributed by atoms with Crippen molar-refractivity contribution in [1.29, 1.82) is 0 Å². The molecule has 29 heavy (non-hydrogen) atoms. The molecule has 1 N–H and O–H groups in total. The van der Waals surface area contributed by atoms with E-state index < -0.39 is 15.9 Å². The summed E-state index contributed by atoms with van der Waals surface area (Å²) in [4.78, 5) is 12.3. The van der Waals surface area contributed by atoms with Crippen molar-refractivity contribution >= 4 is 56.6 Å². The number of nitrogens with one attached hydrogen (secondary N) is 1. The fourth-order valence-corrected chi connectivity index (χ4v) is 4.80. The molecular formula is C19H21Cl2FN2O3S2. The maximum atomic E-state index is 13.7. The summed E-state index contributed by atoms with van der Waals surface area (Å²) < 4.78 is 39.1. The Morgan fingerprint density at radius 1 is 1.24 bits per heavy atom. The van der Waals surface area contributed by atoms with Crippen molar-refractivity contribution in [1.82, 2.24) is 5.32 Å². The van der Waals surface area contributed by atoms with Crippen LogP contribution in [0.25, 0.3) is 0 Å². The Balaban J connectivity index is 1.90. The van der Waals surface area contributed by atoms with Crippen LogP contribution in [0.15, 0.2) is 36.4 Å². The topological polar surface area (TPSA) is 66.5 Å². The van der Waals surface area contributed by atoms with Crippen molar-refractivity contribution in [3.8, 4) is 0 Å². The number of nitrogens with zero attached hydrogens (tertiary/aromatic N) is 1. The molecule has 2 rings (SSSR count). The molecule has 0 unspecified atom stereocenters. The van der Waals surface area contributed by atoms with E-state index in [0.717, 1.165) is 10.6 Å². The highest BCUT2D eigenvalue weighted by Gasteiger charge is 2.22. The normalized spacial score (nSPS) is 11.3. The third-order valence-electron chi connectivity index (χ3n) is 4.00. The highest BCUT2D eigenvalue weighted by molar-refractivity contribution is 7.98. The van der Waals surface area contributed by atoms with Crippen molar-refractivity contribution in [2.75, 3.05) is 29.4 Å². The highest BCUT2D eigenvalue weighted by atomic mass is 35.5. The third-order valence-corrected chi connectivity index (χ3v) is 6.71. The van der Waals surface area contributed by atoms with E-state index in [-0.39, 0.29) is 12.4 Å². The molecule has 5 nitrogen and oxygen atoms in total. The van der Waals surface area contributed by atoms with Crippen LogP contribution in [-0.2, 0) is 20.6 Å². The average molecular weight is 479 g/mol. The van der Waals surface area contributed by atoms with Crippen LogP contribution in [0.2, 0.25) is 10.0 Å². The summed E-state index contributed by atoms with van der Waals surface area (Å²) in [7, 11) is -3.68. The second kappa shape index (κ2) is 10.5. The van der Waals surface area contributed by atoms with Crippen molar-refractivity contribution in [2.24, 2.45) is 0 Å². The molecule has 0 aliphatic heterocycles. The van der Waals surface area contributed by atoms with Crippen molar-refractivity contribution in [3.63, 3.8) is 0 Å². The summed E-state index contributed by atoms with van der Waals surface area (Å²) in [5.74, 6) is 0.0818. The first-order valence-corrected chi connectivity index (χ1v) is 12.4. The molecule has 0 aliphatic carbocycles. The van der Waals surface area contributed by atoms with Gasteiger partial charge < -0.3 is 5.32 Å². The summed E-state index contributed by atoms with van der Waals surface area (Å²) in [6, 6.07) is 9.37. The van der Waals surface area contributed by atoms with E-state index in [1.165, 1.54) is 23.9 Å². The molecule has 10 heteroatoms. The van der Waals surface area contributed by atoms with E-state index in [2.05, 4.69) is 5.32 Å². The second-order valence-electron chi connectivity index (χ2n) is 6.30. The third kappa shape index (κ3) is 7.06. The molecule has 0 spiro atoms. The van der Waals surface area contributed by atoms with E-state index >= 15 is 0 Å². The second-order valence-corrected chi connectivity index (χ2v) is 10.2. The van der Waals surface area contributed by atoms with Gasteiger partial charge >= 0.3 is 0 Å². The summed E-state index contributed by atoms with van der Waals surface area (Å²) >= 11 is 13.4. The van der Waals surface area contributed by atoms with Gasteiger partial charge in [-0.25, -0.2) is 12.8 Å². The molecule has 1 amide bonds. The molecule has 0 aromatic heterocycles. The van der Waals surface area contributed by atoms with E-state index in [1.807, 2.05) is 0 Å². The number of benzene rings is 2. The lowest BCUT2D eigenvalue weighted by Gasteiger charge is -2.23. The predicted octanol–water partition coefficient (Wildman–Crippen LogP) is 4.26. The van der Waals surface area contributed by atoms with Crippen molar-refractivity contribution < 1.29 is 17.6 Å². The quantitative estimate of drug-likeness (QED) is 0.546. The number of aryl methyl sites for hydroxylation is 1. The maximum Gasteiger partial charge on any atom is 0.240 e. The number of hydrogen-bond donors (Lipinski definition) is 1. The zero-order valence-corrected chi connectivity index (χ0v) is 19.1. The van der Waals surface area contributed by atoms with Gasteiger partial charge in [-0.15, -0.1) is 0 Å². The number of halogens is 3. The number of thioether (sulfide) groups is 1. The summed E-state index contributed by atoms with van der Waals surface area (Å²) in [5.41, 5.74) is 1.47. The van der Waals surface area contributed by atoms with Gasteiger partial charge in [-0.1, -0.05) is 35.3 Å². The zero-order chi connectivity index (χ0) is 21.6. The van der Waals surface area contributed by atoms with Gasteiger partial charge in [0.2, 0.25) is 15.9 Å². The standard InChI is InChI=1S/C19H21Cl2FN2O3S2/c1-13-6-7-14(20)10-18(13)24(29(2,26)27)11-19(25)23-8-9-28-12-15-16(21)4-3-5-17(15)22/h3-7,10H,8-9,11-12H2,1-2H3,(H,23,25). The van der Waals surface area contributed by atoms with Crippen LogP contribution in [0.4, 0.5) is 10.1 Å². The largest absolute Gasteiger partial charge is 0.354 e. The smallest absolute Gasteiger partial charge is 0.240 e. The van der Waals surface area contributed by atoms with Crippen LogP contribution in [0.5, 0.6) is 0 Å². The Morgan fingerprint density at radius 3 is 2.62 bits per heavy atom. The van der Waals surface area contributed by atoms with E-state index in [4.69, 9.17) is 23.2 Å². The Bertz CT molecular complexity index is 967. The molecule has 0 bridgehead atoms. The van der Waals surface area contributed by atoms with Gasteiger partial charge in [-0.05, 0) is 36.8 Å². The highest BCUT2D eigenvalue weighted by Crippen LogP contribution is 2.26. The molecule has 0 atom stereocenters. The zero-order valence-electron chi connectivity index (χ0n) is 15.9. The minimum absolute atomic E-state index is 0.307. The summed E-state index contributed by atoms with van der Waals surface area (Å²) in [6.07, 6.45) is 1.04. The van der Waals surface area contributed by atoms with Crippen LogP contribution in [0.3, 0.4) is 0 Å². The molecule has 0 saturated carbocycles. The fraction of sp³-hybridized carbons (Fsp3) is 0.316. The molecule has 2 aromatic rings. The predicted molar refractivity (Wildman–Crippen MR) is 119 cm³/mol. The Hall–Kier alpha value is -1.48.